The number of ether oxygens (including phenoxy) is 1. The van der Waals surface area contributed by atoms with Crippen molar-refractivity contribution in [3.8, 4) is 0 Å². The van der Waals surface area contributed by atoms with Crippen molar-refractivity contribution in [1.82, 2.24) is 4.72 Å². The number of rotatable bonds is 8. The molecule has 0 bridgehead atoms. The van der Waals surface area contributed by atoms with Crippen molar-refractivity contribution in [1.29, 1.82) is 0 Å². The molecule has 0 heterocycles. The number of anilines is 1. The van der Waals surface area contributed by atoms with Gasteiger partial charge in [0.2, 0.25) is 10.0 Å². The topological polar surface area (TPSA) is 92.8 Å². The molecule has 8 heteroatoms. The molecule has 0 radical (unpaired) electrons. The van der Waals surface area contributed by atoms with Gasteiger partial charge >= 0.3 is 5.97 Å². The number of esters is 1. The third kappa shape index (κ3) is 5.42. The Kier molecular flexibility index (Phi) is 6.34. The number of carbonyl (C=O) groups excluding carboxylic acids is 2. The summed E-state index contributed by atoms with van der Waals surface area (Å²) >= 11 is 0. The first-order chi connectivity index (χ1) is 13.8. The van der Waals surface area contributed by atoms with E-state index in [4.69, 9.17) is 4.74 Å². The summed E-state index contributed by atoms with van der Waals surface area (Å²) < 4.78 is 32.1. The Morgan fingerprint density at radius 3 is 2.24 bits per heavy atom. The lowest BCUT2D eigenvalue weighted by atomic mass is 10.2. The van der Waals surface area contributed by atoms with Crippen molar-refractivity contribution in [3.63, 3.8) is 0 Å². The fourth-order valence-corrected chi connectivity index (χ4v) is 4.16. The molecule has 1 fully saturated rings. The van der Waals surface area contributed by atoms with E-state index in [-0.39, 0.29) is 28.4 Å². The minimum Gasteiger partial charge on any atom is -0.452 e. The van der Waals surface area contributed by atoms with Gasteiger partial charge in [-0.3, -0.25) is 4.79 Å². The molecular formula is C21H24N2O5S. The zero-order valence-electron chi connectivity index (χ0n) is 16.4. The normalized spacial score (nSPS) is 13.9. The van der Waals surface area contributed by atoms with E-state index in [1.54, 1.807) is 4.90 Å². The first kappa shape index (κ1) is 21.0. The summed E-state index contributed by atoms with van der Waals surface area (Å²) in [4.78, 5) is 26.5. The number of carbonyl (C=O) groups is 2. The molecule has 0 unspecified atom stereocenters. The predicted octanol–water partition coefficient (Wildman–Crippen LogP) is 2.73. The smallest absolute Gasteiger partial charge is 0.338 e. The summed E-state index contributed by atoms with van der Waals surface area (Å²) in [5.41, 5.74) is 0.903. The van der Waals surface area contributed by atoms with Gasteiger partial charge in [0, 0.05) is 17.8 Å². The second-order valence-electron chi connectivity index (χ2n) is 7.19. The highest BCUT2D eigenvalue weighted by Crippen LogP contribution is 2.22. The fourth-order valence-electron chi connectivity index (χ4n) is 2.86. The Bertz CT molecular complexity index is 968. The number of amides is 1. The lowest BCUT2D eigenvalue weighted by Gasteiger charge is -2.26. The number of hydrogen-bond donors (Lipinski definition) is 1. The van der Waals surface area contributed by atoms with E-state index in [0.717, 1.165) is 18.5 Å². The SMILES string of the molecule is CC(C)N(C(=O)COC(=O)c1ccc(S(=O)(=O)NC2CC2)cc1)c1ccccc1. The van der Waals surface area contributed by atoms with Crippen molar-refractivity contribution in [3.05, 3.63) is 60.2 Å². The predicted molar refractivity (Wildman–Crippen MR) is 109 cm³/mol. The summed E-state index contributed by atoms with van der Waals surface area (Å²) in [6, 6.07) is 14.5. The maximum absolute atomic E-state index is 12.6. The molecule has 29 heavy (non-hydrogen) atoms. The second kappa shape index (κ2) is 8.75. The number of para-hydroxylation sites is 1. The standard InChI is InChI=1S/C21H24N2O5S/c1-15(2)23(18-6-4-3-5-7-18)20(24)14-28-21(25)16-8-12-19(13-9-16)29(26,27)22-17-10-11-17/h3-9,12-13,15,17,22H,10-11,14H2,1-2H3. The molecule has 0 aromatic heterocycles. The van der Waals surface area contributed by atoms with Crippen molar-refractivity contribution in [2.75, 3.05) is 11.5 Å². The number of nitrogens with one attached hydrogen (secondary N) is 1. The van der Waals surface area contributed by atoms with Crippen molar-refractivity contribution in [2.24, 2.45) is 0 Å². The van der Waals surface area contributed by atoms with Crippen molar-refractivity contribution < 1.29 is 22.7 Å². The first-order valence-corrected chi connectivity index (χ1v) is 10.9. The zero-order valence-corrected chi connectivity index (χ0v) is 17.2. The number of nitrogens with zero attached hydrogens (tertiary/aromatic N) is 1. The van der Waals surface area contributed by atoms with Crippen LogP contribution in [0.3, 0.4) is 0 Å². The highest BCUT2D eigenvalue weighted by atomic mass is 32.2. The van der Waals surface area contributed by atoms with Crippen molar-refractivity contribution in [2.45, 2.75) is 43.7 Å². The molecule has 1 aliphatic rings. The van der Waals surface area contributed by atoms with Crippen LogP contribution in [0, 0.1) is 0 Å². The van der Waals surface area contributed by atoms with E-state index >= 15 is 0 Å². The number of hydrogen-bond acceptors (Lipinski definition) is 5. The summed E-state index contributed by atoms with van der Waals surface area (Å²) in [6.45, 7) is 3.35. The van der Waals surface area contributed by atoms with E-state index in [0.29, 0.717) is 0 Å². The van der Waals surface area contributed by atoms with Gasteiger partial charge in [-0.05, 0) is 63.1 Å². The van der Waals surface area contributed by atoms with Gasteiger partial charge in [0.1, 0.15) is 0 Å². The second-order valence-corrected chi connectivity index (χ2v) is 8.90. The van der Waals surface area contributed by atoms with Gasteiger partial charge in [-0.2, -0.15) is 0 Å². The van der Waals surface area contributed by atoms with E-state index in [1.807, 2.05) is 44.2 Å². The van der Waals surface area contributed by atoms with E-state index in [9.17, 15) is 18.0 Å². The van der Waals surface area contributed by atoms with Gasteiger partial charge in [0.15, 0.2) is 6.61 Å². The summed E-state index contributed by atoms with van der Waals surface area (Å²) in [7, 11) is -3.58. The van der Waals surface area contributed by atoms with Crippen LogP contribution in [0.15, 0.2) is 59.5 Å². The van der Waals surface area contributed by atoms with Gasteiger partial charge in [0.25, 0.3) is 5.91 Å². The molecule has 0 aliphatic heterocycles. The average molecular weight is 416 g/mol. The van der Waals surface area contributed by atoms with Gasteiger partial charge in [-0.1, -0.05) is 18.2 Å². The monoisotopic (exact) mass is 416 g/mol. The third-order valence-corrected chi connectivity index (χ3v) is 5.98. The third-order valence-electron chi connectivity index (χ3n) is 4.45. The van der Waals surface area contributed by atoms with Gasteiger partial charge in [0.05, 0.1) is 10.5 Å². The van der Waals surface area contributed by atoms with Crippen molar-refractivity contribution >= 4 is 27.6 Å². The lowest BCUT2D eigenvalue weighted by Crippen LogP contribution is -2.39. The maximum Gasteiger partial charge on any atom is 0.338 e. The molecule has 0 atom stereocenters. The lowest BCUT2D eigenvalue weighted by molar-refractivity contribution is -0.122. The quantitative estimate of drug-likeness (QED) is 0.668. The summed E-state index contributed by atoms with van der Waals surface area (Å²) in [6.07, 6.45) is 1.68. The molecule has 1 amide bonds. The summed E-state index contributed by atoms with van der Waals surface area (Å²) in [5, 5.41) is 0. The molecule has 154 valence electrons. The molecule has 2 aromatic carbocycles. The van der Waals surface area contributed by atoms with Gasteiger partial charge in [-0.25, -0.2) is 17.9 Å². The molecule has 1 saturated carbocycles. The zero-order chi connectivity index (χ0) is 21.0. The minimum atomic E-state index is -3.58. The highest BCUT2D eigenvalue weighted by molar-refractivity contribution is 7.89. The summed E-state index contributed by atoms with van der Waals surface area (Å²) in [5.74, 6) is -1.03. The van der Waals surface area contributed by atoms with Crippen LogP contribution in [0.1, 0.15) is 37.0 Å². The molecule has 0 spiro atoms. The molecule has 1 aliphatic carbocycles. The van der Waals surface area contributed by atoms with E-state index in [2.05, 4.69) is 4.72 Å². The largest absolute Gasteiger partial charge is 0.452 e. The van der Waals surface area contributed by atoms with Crippen LogP contribution in [-0.2, 0) is 19.6 Å². The average Bonchev–Trinajstić information content (AvgIpc) is 3.50. The Labute approximate surface area is 170 Å². The molecule has 1 N–H and O–H groups in total. The molecule has 3 rings (SSSR count). The van der Waals surface area contributed by atoms with Crippen LogP contribution in [0.5, 0.6) is 0 Å². The molecule has 0 saturated heterocycles. The molecular weight excluding hydrogens is 392 g/mol. The Morgan fingerprint density at radius 1 is 1.07 bits per heavy atom. The van der Waals surface area contributed by atoms with Crippen LogP contribution in [0.4, 0.5) is 5.69 Å². The number of benzene rings is 2. The van der Waals surface area contributed by atoms with Crippen LogP contribution < -0.4 is 9.62 Å². The Hall–Kier alpha value is -2.71. The fraction of sp³-hybridized carbons (Fsp3) is 0.333. The highest BCUT2D eigenvalue weighted by Gasteiger charge is 2.28. The van der Waals surface area contributed by atoms with E-state index in [1.165, 1.54) is 24.3 Å². The minimum absolute atomic E-state index is 0.00386. The Balaban J connectivity index is 1.61. The van der Waals surface area contributed by atoms with Crippen LogP contribution >= 0.6 is 0 Å². The van der Waals surface area contributed by atoms with Crippen LogP contribution in [-0.4, -0.2) is 39.0 Å². The van der Waals surface area contributed by atoms with Crippen LogP contribution in [0.2, 0.25) is 0 Å². The maximum atomic E-state index is 12.6. The molecule has 7 nitrogen and oxygen atoms in total. The van der Waals surface area contributed by atoms with E-state index < -0.39 is 22.6 Å². The van der Waals surface area contributed by atoms with Crippen LogP contribution in [0.25, 0.3) is 0 Å². The number of sulfonamides is 1. The Morgan fingerprint density at radius 2 is 1.69 bits per heavy atom. The van der Waals surface area contributed by atoms with Gasteiger partial charge in [-0.15, -0.1) is 0 Å². The van der Waals surface area contributed by atoms with Gasteiger partial charge < -0.3 is 9.64 Å². The first-order valence-electron chi connectivity index (χ1n) is 9.44. The molecule has 2 aromatic rings.